The molecule has 0 amide bonds. The summed E-state index contributed by atoms with van der Waals surface area (Å²) in [6.07, 6.45) is 1.15. The average molecular weight is 256 g/mol. The molecule has 0 spiro atoms. The number of halogens is 2. The van der Waals surface area contributed by atoms with E-state index in [1.165, 1.54) is 0 Å². The van der Waals surface area contributed by atoms with Crippen molar-refractivity contribution in [2.24, 2.45) is 11.8 Å². The van der Waals surface area contributed by atoms with E-state index in [2.05, 4.69) is 12.2 Å². The maximum atomic E-state index is 13.4. The van der Waals surface area contributed by atoms with E-state index in [9.17, 15) is 18.9 Å². The summed E-state index contributed by atoms with van der Waals surface area (Å²) >= 11 is 0. The van der Waals surface area contributed by atoms with Crippen LogP contribution in [0.4, 0.5) is 14.5 Å². The predicted octanol–water partition coefficient (Wildman–Crippen LogP) is 2.62. The Kier molecular flexibility index (Phi) is 3.56. The first-order chi connectivity index (χ1) is 8.49. The van der Waals surface area contributed by atoms with Gasteiger partial charge in [-0.05, 0) is 24.8 Å². The molecule has 4 nitrogen and oxygen atoms in total. The summed E-state index contributed by atoms with van der Waals surface area (Å²) in [5, 5.41) is 13.6. The van der Waals surface area contributed by atoms with Crippen LogP contribution >= 0.6 is 0 Å². The van der Waals surface area contributed by atoms with Gasteiger partial charge in [0.15, 0.2) is 0 Å². The van der Waals surface area contributed by atoms with E-state index in [0.717, 1.165) is 19.0 Å². The van der Waals surface area contributed by atoms with Crippen molar-refractivity contribution in [3.05, 3.63) is 39.4 Å². The second kappa shape index (κ2) is 4.97. The molecule has 0 radical (unpaired) electrons. The Hall–Kier alpha value is -1.56. The molecule has 6 heteroatoms. The Bertz CT molecular complexity index is 479. The predicted molar refractivity (Wildman–Crippen MR) is 62.0 cm³/mol. The highest BCUT2D eigenvalue weighted by Gasteiger charge is 2.31. The van der Waals surface area contributed by atoms with Crippen LogP contribution in [0.5, 0.6) is 0 Å². The Balaban J connectivity index is 2.02. The highest BCUT2D eigenvalue weighted by molar-refractivity contribution is 5.37. The molecule has 18 heavy (non-hydrogen) atoms. The van der Waals surface area contributed by atoms with Crippen LogP contribution in [0.2, 0.25) is 0 Å². The number of hydrogen-bond donors (Lipinski definition) is 1. The molecule has 1 N–H and O–H groups in total. The van der Waals surface area contributed by atoms with E-state index in [1.54, 1.807) is 0 Å². The SMILES string of the molecule is CC1CC1CNCc1cc([N+](=O)[O-])c(F)cc1F. The van der Waals surface area contributed by atoms with Gasteiger partial charge in [0.2, 0.25) is 5.82 Å². The average Bonchev–Trinajstić information content (AvgIpc) is 2.97. The lowest BCUT2D eigenvalue weighted by molar-refractivity contribution is -0.387. The minimum absolute atomic E-state index is 0.122. The third kappa shape index (κ3) is 2.81. The molecule has 0 aliphatic heterocycles. The van der Waals surface area contributed by atoms with Gasteiger partial charge in [0.05, 0.1) is 4.92 Å². The first-order valence-corrected chi connectivity index (χ1v) is 5.82. The smallest absolute Gasteiger partial charge is 0.305 e. The standard InChI is InChI=1S/C12H14F2N2O2/c1-7-2-8(7)5-15-6-9-3-12(16(17)18)11(14)4-10(9)13/h3-4,7-8,15H,2,5-6H2,1H3. The van der Waals surface area contributed by atoms with Gasteiger partial charge in [-0.3, -0.25) is 10.1 Å². The number of hydrogen-bond acceptors (Lipinski definition) is 3. The molecular formula is C12H14F2N2O2. The van der Waals surface area contributed by atoms with Gasteiger partial charge >= 0.3 is 5.69 Å². The lowest BCUT2D eigenvalue weighted by Gasteiger charge is -2.06. The summed E-state index contributed by atoms with van der Waals surface area (Å²) in [6.45, 7) is 3.07. The molecule has 1 aromatic rings. The quantitative estimate of drug-likeness (QED) is 0.650. The molecule has 0 bridgehead atoms. The van der Waals surface area contributed by atoms with Crippen LogP contribution in [-0.2, 0) is 6.54 Å². The van der Waals surface area contributed by atoms with Crippen molar-refractivity contribution in [2.75, 3.05) is 6.54 Å². The molecule has 1 saturated carbocycles. The minimum atomic E-state index is -1.14. The number of nitrogens with zero attached hydrogens (tertiary/aromatic N) is 1. The summed E-state index contributed by atoms with van der Waals surface area (Å²) < 4.78 is 26.5. The topological polar surface area (TPSA) is 55.2 Å². The van der Waals surface area contributed by atoms with Gasteiger partial charge in [-0.25, -0.2) is 4.39 Å². The maximum absolute atomic E-state index is 13.4. The highest BCUT2D eigenvalue weighted by atomic mass is 19.1. The Morgan fingerprint density at radius 3 is 2.67 bits per heavy atom. The first kappa shape index (κ1) is 12.9. The molecule has 2 rings (SSSR count). The largest absolute Gasteiger partial charge is 0.312 e. The van der Waals surface area contributed by atoms with Gasteiger partial charge in [0.1, 0.15) is 5.82 Å². The van der Waals surface area contributed by atoms with E-state index in [-0.39, 0.29) is 12.1 Å². The Morgan fingerprint density at radius 1 is 1.44 bits per heavy atom. The zero-order valence-corrected chi connectivity index (χ0v) is 9.95. The van der Waals surface area contributed by atoms with Crippen molar-refractivity contribution in [3.63, 3.8) is 0 Å². The fourth-order valence-corrected chi connectivity index (χ4v) is 1.93. The van der Waals surface area contributed by atoms with E-state index in [4.69, 9.17) is 0 Å². The van der Waals surface area contributed by atoms with Crippen LogP contribution in [0, 0.1) is 33.6 Å². The van der Waals surface area contributed by atoms with Gasteiger partial charge in [0.25, 0.3) is 0 Å². The van der Waals surface area contributed by atoms with Crippen LogP contribution in [0.1, 0.15) is 18.9 Å². The van der Waals surface area contributed by atoms with Crippen molar-refractivity contribution in [1.82, 2.24) is 5.32 Å². The van der Waals surface area contributed by atoms with E-state index < -0.39 is 22.2 Å². The summed E-state index contributed by atoms with van der Waals surface area (Å²) in [7, 11) is 0. The Morgan fingerprint density at radius 2 is 2.11 bits per heavy atom. The van der Waals surface area contributed by atoms with E-state index in [0.29, 0.717) is 17.9 Å². The monoisotopic (exact) mass is 256 g/mol. The third-order valence-electron chi connectivity index (χ3n) is 3.31. The molecule has 2 atom stereocenters. The lowest BCUT2D eigenvalue weighted by Crippen LogP contribution is -2.18. The molecule has 98 valence electrons. The minimum Gasteiger partial charge on any atom is -0.312 e. The zero-order chi connectivity index (χ0) is 13.3. The fraction of sp³-hybridized carbons (Fsp3) is 0.500. The zero-order valence-electron chi connectivity index (χ0n) is 9.95. The van der Waals surface area contributed by atoms with Crippen molar-refractivity contribution >= 4 is 5.69 Å². The van der Waals surface area contributed by atoms with Crippen LogP contribution in [0.3, 0.4) is 0 Å². The second-order valence-corrected chi connectivity index (χ2v) is 4.76. The number of nitro groups is 1. The fourth-order valence-electron chi connectivity index (χ4n) is 1.93. The molecule has 0 saturated heterocycles. The van der Waals surface area contributed by atoms with Crippen LogP contribution in [-0.4, -0.2) is 11.5 Å². The summed E-state index contributed by atoms with van der Waals surface area (Å²) in [5.74, 6) is -0.611. The first-order valence-electron chi connectivity index (χ1n) is 5.82. The normalized spacial score (nSPS) is 21.9. The molecule has 1 aromatic carbocycles. The maximum Gasteiger partial charge on any atom is 0.305 e. The second-order valence-electron chi connectivity index (χ2n) is 4.76. The molecule has 2 unspecified atom stereocenters. The van der Waals surface area contributed by atoms with Crippen molar-refractivity contribution in [3.8, 4) is 0 Å². The number of benzene rings is 1. The van der Waals surface area contributed by atoms with Crippen LogP contribution < -0.4 is 5.32 Å². The molecule has 0 heterocycles. The van der Waals surface area contributed by atoms with Gasteiger partial charge in [0, 0.05) is 24.2 Å². The van der Waals surface area contributed by atoms with Crippen molar-refractivity contribution < 1.29 is 13.7 Å². The molecule has 1 fully saturated rings. The van der Waals surface area contributed by atoms with Crippen molar-refractivity contribution in [2.45, 2.75) is 19.9 Å². The van der Waals surface area contributed by atoms with Crippen LogP contribution in [0.15, 0.2) is 12.1 Å². The van der Waals surface area contributed by atoms with Gasteiger partial charge < -0.3 is 5.32 Å². The Labute approximate surface area is 103 Å². The van der Waals surface area contributed by atoms with Crippen LogP contribution in [0.25, 0.3) is 0 Å². The summed E-state index contributed by atoms with van der Waals surface area (Å²) in [4.78, 5) is 9.70. The van der Waals surface area contributed by atoms with E-state index >= 15 is 0 Å². The van der Waals surface area contributed by atoms with Crippen molar-refractivity contribution in [1.29, 1.82) is 0 Å². The highest BCUT2D eigenvalue weighted by Crippen LogP contribution is 2.36. The van der Waals surface area contributed by atoms with Gasteiger partial charge in [-0.15, -0.1) is 0 Å². The van der Waals surface area contributed by atoms with E-state index in [1.807, 2.05) is 0 Å². The summed E-state index contributed by atoms with van der Waals surface area (Å²) in [5.41, 5.74) is -0.565. The number of nitrogens with one attached hydrogen (secondary N) is 1. The van der Waals surface area contributed by atoms with Gasteiger partial charge in [-0.1, -0.05) is 6.92 Å². The molecular weight excluding hydrogens is 242 g/mol. The molecule has 1 aliphatic carbocycles. The lowest BCUT2D eigenvalue weighted by atomic mass is 10.1. The van der Waals surface area contributed by atoms with Gasteiger partial charge in [-0.2, -0.15) is 4.39 Å². The number of rotatable bonds is 5. The third-order valence-corrected chi connectivity index (χ3v) is 3.31. The summed E-state index contributed by atoms with van der Waals surface area (Å²) in [6, 6.07) is 1.52. The molecule has 0 aromatic heterocycles. The molecule has 1 aliphatic rings. The number of nitro benzene ring substituents is 1.